The van der Waals surface area contributed by atoms with Gasteiger partial charge in [0, 0.05) is 37.1 Å². The van der Waals surface area contributed by atoms with Crippen molar-refractivity contribution in [3.05, 3.63) is 82.4 Å². The molecule has 0 unspecified atom stereocenters. The Kier molecular flexibility index (Phi) is 10.2. The average Bonchev–Trinajstić information content (AvgIpc) is 3.45. The molecule has 1 aliphatic carbocycles. The largest absolute Gasteiger partial charge is 0.489 e. The lowest BCUT2D eigenvalue weighted by molar-refractivity contribution is 0.146. The second-order valence-corrected chi connectivity index (χ2v) is 14.1. The summed E-state index contributed by atoms with van der Waals surface area (Å²) < 4.78 is 37.7. The molecule has 14 heteroatoms. The van der Waals surface area contributed by atoms with Crippen LogP contribution < -0.4 is 26.2 Å². The van der Waals surface area contributed by atoms with Crippen LogP contribution in [-0.4, -0.2) is 57.5 Å². The van der Waals surface area contributed by atoms with Gasteiger partial charge in [-0.15, -0.1) is 0 Å². The number of anilines is 2. The summed E-state index contributed by atoms with van der Waals surface area (Å²) >= 11 is 0. The van der Waals surface area contributed by atoms with Crippen molar-refractivity contribution in [2.24, 2.45) is 5.92 Å². The molecule has 0 bridgehead atoms. The van der Waals surface area contributed by atoms with Crippen molar-refractivity contribution in [1.82, 2.24) is 30.1 Å². The molecular formula is C33H42N8O5S. The van der Waals surface area contributed by atoms with Crippen LogP contribution in [0.1, 0.15) is 68.6 Å². The first-order valence-corrected chi connectivity index (χ1v) is 17.8. The molecule has 5 N–H and O–H groups in total. The number of aliphatic hydroxyl groups is 1. The van der Waals surface area contributed by atoms with Crippen LogP contribution in [0.2, 0.25) is 0 Å². The van der Waals surface area contributed by atoms with Crippen LogP contribution in [0.5, 0.6) is 5.75 Å². The number of nitrogens with zero attached hydrogens (tertiary/aromatic N) is 5. The molecule has 1 fully saturated rings. The van der Waals surface area contributed by atoms with E-state index in [9.17, 15) is 18.3 Å². The van der Waals surface area contributed by atoms with Crippen LogP contribution in [0.4, 0.5) is 11.5 Å². The summed E-state index contributed by atoms with van der Waals surface area (Å²) in [6.45, 7) is 1.41. The predicted octanol–water partition coefficient (Wildman–Crippen LogP) is 3.58. The number of tetrazole rings is 1. The second-order valence-electron chi connectivity index (χ2n) is 12.4. The summed E-state index contributed by atoms with van der Waals surface area (Å²) in [5.41, 5.74) is 7.73. The third kappa shape index (κ3) is 8.18. The third-order valence-electron chi connectivity index (χ3n) is 8.98. The lowest BCUT2D eigenvalue weighted by Gasteiger charge is -2.27. The smallest absolute Gasteiger partial charge is 0.368 e. The van der Waals surface area contributed by atoms with Gasteiger partial charge in [0.25, 0.3) is 10.0 Å². The summed E-state index contributed by atoms with van der Waals surface area (Å²) in [7, 11) is -3.89. The van der Waals surface area contributed by atoms with Crippen molar-refractivity contribution in [2.75, 3.05) is 23.5 Å². The fourth-order valence-electron chi connectivity index (χ4n) is 6.33. The summed E-state index contributed by atoms with van der Waals surface area (Å²) in [6, 6.07) is 14.6. The molecule has 47 heavy (non-hydrogen) atoms. The van der Waals surface area contributed by atoms with Gasteiger partial charge in [0.2, 0.25) is 0 Å². The van der Waals surface area contributed by atoms with Crippen LogP contribution in [-0.2, 0) is 23.0 Å². The Morgan fingerprint density at radius 1 is 1.02 bits per heavy atom. The lowest BCUT2D eigenvalue weighted by atomic mass is 9.86. The minimum atomic E-state index is -3.89. The van der Waals surface area contributed by atoms with Gasteiger partial charge in [0.1, 0.15) is 17.7 Å². The van der Waals surface area contributed by atoms with Gasteiger partial charge in [-0.25, -0.2) is 18.2 Å². The number of sulfonamides is 1. The highest BCUT2D eigenvalue weighted by atomic mass is 32.2. The van der Waals surface area contributed by atoms with Gasteiger partial charge in [-0.3, -0.25) is 4.72 Å². The molecule has 0 spiro atoms. The second kappa shape index (κ2) is 14.7. The zero-order valence-electron chi connectivity index (χ0n) is 26.3. The molecule has 250 valence electrons. The molecule has 3 heterocycles. The summed E-state index contributed by atoms with van der Waals surface area (Å²) in [5.74, 6) is 1.84. The molecule has 2 aromatic carbocycles. The van der Waals surface area contributed by atoms with Crippen LogP contribution in [0, 0.1) is 5.92 Å². The number of pyridine rings is 1. The normalized spacial score (nSPS) is 17.5. The third-order valence-corrected chi connectivity index (χ3v) is 10.4. The lowest BCUT2D eigenvalue weighted by Crippen LogP contribution is -2.36. The van der Waals surface area contributed by atoms with E-state index in [1.807, 2.05) is 0 Å². The monoisotopic (exact) mass is 662 g/mol. The minimum Gasteiger partial charge on any atom is -0.489 e. The number of nitrogens with one attached hydrogen (secondary N) is 2. The van der Waals surface area contributed by atoms with E-state index < -0.39 is 16.1 Å². The van der Waals surface area contributed by atoms with E-state index in [1.165, 1.54) is 53.6 Å². The van der Waals surface area contributed by atoms with Gasteiger partial charge in [-0.2, -0.15) is 9.36 Å². The van der Waals surface area contributed by atoms with E-state index in [4.69, 9.17) is 10.5 Å². The molecule has 0 amide bonds. The fraction of sp³-hybridized carbons (Fsp3) is 0.455. The molecule has 2 aromatic heterocycles. The van der Waals surface area contributed by atoms with Gasteiger partial charge in [-0.05, 0) is 96.1 Å². The average molecular weight is 663 g/mol. The van der Waals surface area contributed by atoms with Crippen molar-refractivity contribution in [1.29, 1.82) is 0 Å². The summed E-state index contributed by atoms with van der Waals surface area (Å²) in [6.07, 6.45) is 10.6. The van der Waals surface area contributed by atoms with E-state index in [0.717, 1.165) is 30.7 Å². The fourth-order valence-corrected chi connectivity index (χ4v) is 7.38. The molecule has 13 nitrogen and oxygen atoms in total. The van der Waals surface area contributed by atoms with Crippen LogP contribution in [0.3, 0.4) is 0 Å². The van der Waals surface area contributed by atoms with Gasteiger partial charge in [-0.1, -0.05) is 38.2 Å². The number of benzene rings is 2. The molecule has 0 radical (unpaired) electrons. The Balaban J connectivity index is 1.01. The van der Waals surface area contributed by atoms with Gasteiger partial charge < -0.3 is 20.9 Å². The van der Waals surface area contributed by atoms with Crippen molar-refractivity contribution in [3.63, 3.8) is 0 Å². The van der Waals surface area contributed by atoms with Crippen molar-refractivity contribution in [2.45, 2.75) is 81.4 Å². The maximum atomic E-state index is 13.2. The minimum absolute atomic E-state index is 0.0613. The number of nitrogens with two attached hydrogens (primary N) is 1. The molecule has 1 saturated carbocycles. The summed E-state index contributed by atoms with van der Waals surface area (Å²) in [5, 5.41) is 21.7. The first-order valence-electron chi connectivity index (χ1n) is 16.3. The molecular weight excluding hydrogens is 620 g/mol. The highest BCUT2D eigenvalue weighted by molar-refractivity contribution is 7.92. The first kappa shape index (κ1) is 32.7. The van der Waals surface area contributed by atoms with E-state index in [-0.39, 0.29) is 16.7 Å². The quantitative estimate of drug-likeness (QED) is 0.165. The zero-order chi connectivity index (χ0) is 32.8. The van der Waals surface area contributed by atoms with Gasteiger partial charge in [0.15, 0.2) is 0 Å². The van der Waals surface area contributed by atoms with Crippen LogP contribution >= 0.6 is 0 Å². The molecule has 4 aromatic rings. The van der Waals surface area contributed by atoms with E-state index in [2.05, 4.69) is 25.4 Å². The van der Waals surface area contributed by atoms with E-state index in [1.54, 1.807) is 48.7 Å². The number of nitrogen functional groups attached to an aromatic ring is 1. The van der Waals surface area contributed by atoms with Crippen molar-refractivity contribution in [3.8, 4) is 11.4 Å². The standard InChI is InChI=1S/C33H42N8O5S/c34-32-17-9-25(20-36-32)30(42)22-35-21-28-13-8-24-19-26(10-16-31(24)46-28)37-47(44,45)29-14-11-27(12-15-29)41-33(43)40(38-39-41)18-4-7-23-5-2-1-3-6-23/h9-12,14-17,19-20,23,28,30,35,37,42H,1-8,13,18,21-22H2,(H2,34,36)/t28-,30+/m1/s1. The topological polar surface area (TPSA) is 179 Å². The first-order chi connectivity index (χ1) is 22.7. The molecule has 0 saturated heterocycles. The zero-order valence-corrected chi connectivity index (χ0v) is 27.1. The van der Waals surface area contributed by atoms with E-state index in [0.29, 0.717) is 54.6 Å². The predicted molar refractivity (Wildman–Crippen MR) is 178 cm³/mol. The number of ether oxygens (including phenoxy) is 1. The van der Waals surface area contributed by atoms with Gasteiger partial charge >= 0.3 is 5.69 Å². The number of fused-ring (bicyclic) bond motifs is 1. The van der Waals surface area contributed by atoms with Gasteiger partial charge in [0.05, 0.1) is 16.7 Å². The Hall–Kier alpha value is -4.27. The SMILES string of the molecule is Nc1ccc([C@@H](O)CNC[C@H]2CCc3cc(NS(=O)(=O)c4ccc(-n5nnn(CCCC6CCCCC6)c5=O)cc4)ccc3O2)cn1. The maximum absolute atomic E-state index is 13.2. The number of hydrogen-bond acceptors (Lipinski definition) is 10. The van der Waals surface area contributed by atoms with E-state index >= 15 is 0 Å². The number of aliphatic hydroxyl groups excluding tert-OH is 1. The number of aryl methyl sites for hydroxylation is 2. The number of hydrogen-bond donors (Lipinski definition) is 4. The Morgan fingerprint density at radius 2 is 1.83 bits per heavy atom. The molecule has 2 aliphatic rings. The number of aromatic nitrogens is 5. The Morgan fingerprint density at radius 3 is 2.60 bits per heavy atom. The highest BCUT2D eigenvalue weighted by Crippen LogP contribution is 2.31. The Labute approximate surface area is 274 Å². The summed E-state index contributed by atoms with van der Waals surface area (Å²) in [4.78, 5) is 17.0. The molecule has 2 atom stereocenters. The van der Waals surface area contributed by atoms with Crippen LogP contribution in [0.15, 0.2) is 70.5 Å². The van der Waals surface area contributed by atoms with Crippen molar-refractivity contribution < 1.29 is 18.3 Å². The Bertz CT molecular complexity index is 1800. The molecule has 6 rings (SSSR count). The highest BCUT2D eigenvalue weighted by Gasteiger charge is 2.22. The number of rotatable bonds is 13. The maximum Gasteiger partial charge on any atom is 0.368 e. The molecule has 1 aliphatic heterocycles. The van der Waals surface area contributed by atoms with Crippen molar-refractivity contribution >= 4 is 21.5 Å². The van der Waals surface area contributed by atoms with Crippen LogP contribution in [0.25, 0.3) is 5.69 Å².